The average molecular weight is 504 g/mol. The van der Waals surface area contributed by atoms with E-state index in [-0.39, 0.29) is 4.88 Å². The molecule has 0 spiro atoms. The molecule has 0 saturated carbocycles. The first-order valence-electron chi connectivity index (χ1n) is 9.81. The van der Waals surface area contributed by atoms with Crippen molar-refractivity contribution < 1.29 is 9.90 Å². The van der Waals surface area contributed by atoms with Gasteiger partial charge in [0.25, 0.3) is 0 Å². The number of anilines is 2. The summed E-state index contributed by atoms with van der Waals surface area (Å²) in [6, 6.07) is 11.0. The predicted molar refractivity (Wildman–Crippen MR) is 134 cm³/mol. The summed E-state index contributed by atoms with van der Waals surface area (Å²) in [7, 11) is 0. The Labute approximate surface area is 203 Å². The van der Waals surface area contributed by atoms with Gasteiger partial charge in [0.15, 0.2) is 5.13 Å². The Morgan fingerprint density at radius 1 is 1.12 bits per heavy atom. The maximum Gasteiger partial charge on any atom is 0.348 e. The highest BCUT2D eigenvalue weighted by atomic mass is 35.5. The van der Waals surface area contributed by atoms with E-state index in [9.17, 15) is 9.90 Å². The monoisotopic (exact) mass is 503 g/mol. The number of hydrogen-bond donors (Lipinski definition) is 2. The van der Waals surface area contributed by atoms with Crippen LogP contribution in [0.2, 0.25) is 10.0 Å². The fraction of sp³-hybridized carbons (Fsp3) is 0.174. The Bertz CT molecular complexity index is 1270. The number of thiophene rings is 1. The van der Waals surface area contributed by atoms with Gasteiger partial charge in [-0.2, -0.15) is 0 Å². The Morgan fingerprint density at radius 3 is 2.59 bits per heavy atom. The lowest BCUT2D eigenvalue weighted by Gasteiger charge is -2.06. The topological polar surface area (TPSA) is 75.1 Å². The van der Waals surface area contributed by atoms with E-state index < -0.39 is 5.97 Å². The predicted octanol–water partition coefficient (Wildman–Crippen LogP) is 7.88. The van der Waals surface area contributed by atoms with Gasteiger partial charge in [0.1, 0.15) is 4.88 Å². The maximum absolute atomic E-state index is 11.9. The molecule has 3 aromatic heterocycles. The van der Waals surface area contributed by atoms with Gasteiger partial charge >= 0.3 is 5.97 Å². The van der Waals surface area contributed by atoms with E-state index in [2.05, 4.69) is 24.1 Å². The summed E-state index contributed by atoms with van der Waals surface area (Å²) in [6.07, 6.45) is 4.24. The Morgan fingerprint density at radius 2 is 1.94 bits per heavy atom. The number of nitrogens with one attached hydrogen (secondary N) is 1. The van der Waals surface area contributed by atoms with Gasteiger partial charge in [0.2, 0.25) is 0 Å². The smallest absolute Gasteiger partial charge is 0.348 e. The third-order valence-corrected chi connectivity index (χ3v) is 7.50. The summed E-state index contributed by atoms with van der Waals surface area (Å²) in [4.78, 5) is 22.9. The van der Waals surface area contributed by atoms with Gasteiger partial charge in [0, 0.05) is 33.3 Å². The van der Waals surface area contributed by atoms with E-state index in [1.54, 1.807) is 24.5 Å². The molecule has 0 amide bonds. The Kier molecular flexibility index (Phi) is 6.81. The normalized spacial score (nSPS) is 11.2. The van der Waals surface area contributed by atoms with E-state index in [4.69, 9.17) is 28.2 Å². The number of nitrogens with zero attached hydrogens (tertiary/aromatic N) is 2. The molecule has 32 heavy (non-hydrogen) atoms. The Hall–Kier alpha value is -2.45. The number of rotatable bonds is 7. The minimum Gasteiger partial charge on any atom is -0.477 e. The third-order valence-electron chi connectivity index (χ3n) is 4.60. The summed E-state index contributed by atoms with van der Waals surface area (Å²) in [5, 5.41) is 14.5. The highest BCUT2D eigenvalue weighted by Gasteiger charge is 2.20. The number of thiazole rings is 1. The van der Waals surface area contributed by atoms with Gasteiger partial charge in [-0.05, 0) is 36.6 Å². The molecule has 164 valence electrons. The van der Waals surface area contributed by atoms with E-state index in [0.717, 1.165) is 33.0 Å². The zero-order chi connectivity index (χ0) is 22.8. The molecule has 0 atom stereocenters. The van der Waals surface area contributed by atoms with Crippen molar-refractivity contribution in [3.05, 3.63) is 68.6 Å². The van der Waals surface area contributed by atoms with Crippen LogP contribution in [0.4, 0.5) is 10.8 Å². The zero-order valence-corrected chi connectivity index (χ0v) is 20.4. The van der Waals surface area contributed by atoms with E-state index in [1.807, 2.05) is 24.3 Å². The molecule has 3 heterocycles. The Balaban J connectivity index is 1.73. The summed E-state index contributed by atoms with van der Waals surface area (Å²) >= 11 is 15.0. The van der Waals surface area contributed by atoms with Crippen molar-refractivity contribution in [1.82, 2.24) is 9.97 Å². The first-order valence-corrected chi connectivity index (χ1v) is 12.2. The first-order chi connectivity index (χ1) is 15.3. The van der Waals surface area contributed by atoms with E-state index >= 15 is 0 Å². The van der Waals surface area contributed by atoms with Crippen LogP contribution in [0.5, 0.6) is 0 Å². The number of hydrogen-bond acceptors (Lipinski definition) is 6. The molecule has 0 radical (unpaired) electrons. The number of benzene rings is 1. The van der Waals surface area contributed by atoms with E-state index in [1.165, 1.54) is 22.7 Å². The lowest BCUT2D eigenvalue weighted by Crippen LogP contribution is -1.98. The molecule has 0 saturated heterocycles. The molecule has 0 aliphatic carbocycles. The molecular weight excluding hydrogens is 485 g/mol. The number of aromatic carboxylic acids is 1. The highest BCUT2D eigenvalue weighted by Crippen LogP contribution is 2.40. The largest absolute Gasteiger partial charge is 0.477 e. The van der Waals surface area contributed by atoms with Crippen LogP contribution in [0.3, 0.4) is 0 Å². The second-order valence-corrected chi connectivity index (χ2v) is 10.5. The molecule has 0 aliphatic rings. The van der Waals surface area contributed by atoms with Crippen LogP contribution in [0.1, 0.15) is 28.4 Å². The molecule has 5 nitrogen and oxygen atoms in total. The number of aromatic nitrogens is 2. The van der Waals surface area contributed by atoms with Crippen LogP contribution in [-0.4, -0.2) is 21.0 Å². The van der Waals surface area contributed by atoms with Crippen molar-refractivity contribution in [1.29, 1.82) is 0 Å². The lowest BCUT2D eigenvalue weighted by atomic mass is 10.0. The van der Waals surface area contributed by atoms with Gasteiger partial charge in [-0.1, -0.05) is 49.2 Å². The lowest BCUT2D eigenvalue weighted by molar-refractivity contribution is 0.0703. The van der Waals surface area contributed by atoms with Crippen molar-refractivity contribution in [2.45, 2.75) is 20.3 Å². The molecule has 1 aromatic carbocycles. The van der Waals surface area contributed by atoms with Crippen molar-refractivity contribution in [3.63, 3.8) is 0 Å². The zero-order valence-electron chi connectivity index (χ0n) is 17.2. The average Bonchev–Trinajstić information content (AvgIpc) is 3.35. The summed E-state index contributed by atoms with van der Waals surface area (Å²) < 4.78 is 0. The second-order valence-electron chi connectivity index (χ2n) is 7.54. The minimum absolute atomic E-state index is 0.223. The summed E-state index contributed by atoms with van der Waals surface area (Å²) in [5.41, 5.74) is 3.07. The summed E-state index contributed by atoms with van der Waals surface area (Å²) in [5.74, 6) is -0.561. The van der Waals surface area contributed by atoms with Gasteiger partial charge in [-0.25, -0.2) is 9.78 Å². The fourth-order valence-corrected chi connectivity index (χ4v) is 5.64. The van der Waals surface area contributed by atoms with Gasteiger partial charge < -0.3 is 10.4 Å². The van der Waals surface area contributed by atoms with Crippen LogP contribution >= 0.6 is 45.9 Å². The van der Waals surface area contributed by atoms with Crippen molar-refractivity contribution >= 4 is 62.7 Å². The first kappa shape index (κ1) is 22.7. The fourth-order valence-electron chi connectivity index (χ4n) is 3.19. The molecule has 4 rings (SSSR count). The molecule has 9 heteroatoms. The van der Waals surface area contributed by atoms with Crippen LogP contribution in [0.25, 0.3) is 21.7 Å². The summed E-state index contributed by atoms with van der Waals surface area (Å²) in [6.45, 7) is 4.29. The number of carboxylic acids is 1. The van der Waals surface area contributed by atoms with Crippen molar-refractivity contribution in [2.24, 2.45) is 5.92 Å². The molecular formula is C23H19Cl2N3O2S2. The number of carbonyl (C=O) groups is 1. The van der Waals surface area contributed by atoms with Crippen molar-refractivity contribution in [3.8, 4) is 21.7 Å². The number of halogens is 2. The van der Waals surface area contributed by atoms with Gasteiger partial charge in [-0.15, -0.1) is 22.7 Å². The van der Waals surface area contributed by atoms with Gasteiger partial charge in [-0.3, -0.25) is 4.98 Å². The van der Waals surface area contributed by atoms with E-state index in [0.29, 0.717) is 26.8 Å². The quantitative estimate of drug-likeness (QED) is 0.268. The maximum atomic E-state index is 11.9. The van der Waals surface area contributed by atoms with Crippen LogP contribution in [0, 0.1) is 5.92 Å². The third kappa shape index (κ3) is 4.96. The van der Waals surface area contributed by atoms with Gasteiger partial charge in [0.05, 0.1) is 21.4 Å². The molecule has 0 aliphatic heterocycles. The van der Waals surface area contributed by atoms with Crippen LogP contribution in [0.15, 0.2) is 48.8 Å². The van der Waals surface area contributed by atoms with Crippen LogP contribution in [-0.2, 0) is 6.42 Å². The van der Waals surface area contributed by atoms with Crippen LogP contribution < -0.4 is 5.32 Å². The number of pyridine rings is 1. The SMILES string of the molecule is CC(C)Cc1sc(Nc2cc(-c3cccnc3)sc2C(=O)O)nc1-c1ccc(Cl)c(Cl)c1. The van der Waals surface area contributed by atoms with Crippen molar-refractivity contribution in [2.75, 3.05) is 5.32 Å². The molecule has 0 bridgehead atoms. The second kappa shape index (κ2) is 9.58. The highest BCUT2D eigenvalue weighted by molar-refractivity contribution is 7.18. The molecule has 0 fully saturated rings. The molecule has 2 N–H and O–H groups in total. The number of carboxylic acid groups (broad SMARTS) is 1. The minimum atomic E-state index is -0.990. The standard InChI is InChI=1S/C23H19Cl2N3O2S2/c1-12(2)8-19-20(13-5-6-15(24)16(25)9-13)28-23(32-19)27-17-10-18(31-21(17)22(29)30)14-4-3-7-26-11-14/h3-7,9-12H,8H2,1-2H3,(H,27,28)(H,29,30). The molecule has 0 unspecified atom stereocenters. The molecule has 4 aromatic rings.